The number of aromatic hydroxyl groups is 1. The highest BCUT2D eigenvalue weighted by Gasteiger charge is 2.34. The Balaban J connectivity index is 1.59. The van der Waals surface area contributed by atoms with Gasteiger partial charge >= 0.3 is 6.18 Å². The SMILES string of the molecule is COc1ccc2sc(-c3ccc(/N=N/c4ccc(O)cc4C(F)(F)F)cc3)nc2c1. The third-order valence-corrected chi connectivity index (χ3v) is 5.35. The van der Waals surface area contributed by atoms with Crippen molar-refractivity contribution in [2.24, 2.45) is 10.2 Å². The van der Waals surface area contributed by atoms with E-state index in [4.69, 9.17) is 4.74 Å². The number of phenolic OH excluding ortho intramolecular Hbond substituents is 1. The summed E-state index contributed by atoms with van der Waals surface area (Å²) in [5.74, 6) is 0.238. The molecule has 0 unspecified atom stereocenters. The summed E-state index contributed by atoms with van der Waals surface area (Å²) in [6.45, 7) is 0. The normalized spacial score (nSPS) is 12.0. The Morgan fingerprint density at radius 1 is 0.967 bits per heavy atom. The molecule has 1 heterocycles. The summed E-state index contributed by atoms with van der Waals surface area (Å²) in [7, 11) is 1.59. The molecule has 4 rings (SSSR count). The summed E-state index contributed by atoms with van der Waals surface area (Å²) in [5.41, 5.74) is 0.653. The van der Waals surface area contributed by atoms with Crippen molar-refractivity contribution in [3.8, 4) is 22.1 Å². The Morgan fingerprint density at radius 3 is 2.43 bits per heavy atom. The number of aromatic nitrogens is 1. The van der Waals surface area contributed by atoms with Crippen molar-refractivity contribution in [2.45, 2.75) is 6.18 Å². The first-order valence-corrected chi connectivity index (χ1v) is 9.52. The Labute approximate surface area is 173 Å². The molecule has 9 heteroatoms. The number of halogens is 3. The number of hydrogen-bond donors (Lipinski definition) is 1. The predicted octanol–water partition coefficient (Wildman–Crippen LogP) is 7.11. The molecular weight excluding hydrogens is 415 g/mol. The van der Waals surface area contributed by atoms with E-state index < -0.39 is 17.5 Å². The van der Waals surface area contributed by atoms with Gasteiger partial charge in [-0.1, -0.05) is 0 Å². The summed E-state index contributed by atoms with van der Waals surface area (Å²) in [5, 5.41) is 17.7. The molecule has 5 nitrogen and oxygen atoms in total. The molecular formula is C21H14F3N3O2S. The molecule has 0 spiro atoms. The maximum absolute atomic E-state index is 13.1. The van der Waals surface area contributed by atoms with E-state index in [9.17, 15) is 18.3 Å². The molecule has 0 aliphatic heterocycles. The van der Waals surface area contributed by atoms with Crippen molar-refractivity contribution in [2.75, 3.05) is 7.11 Å². The number of ether oxygens (including phenoxy) is 1. The van der Waals surface area contributed by atoms with Crippen molar-refractivity contribution in [1.29, 1.82) is 0 Å². The van der Waals surface area contributed by atoms with Gasteiger partial charge in [-0.2, -0.15) is 18.3 Å². The van der Waals surface area contributed by atoms with Crippen LogP contribution in [0.25, 0.3) is 20.8 Å². The first-order valence-electron chi connectivity index (χ1n) is 8.70. The average molecular weight is 429 g/mol. The number of thiazole rings is 1. The minimum Gasteiger partial charge on any atom is -0.508 e. The molecule has 0 aliphatic rings. The van der Waals surface area contributed by atoms with Crippen LogP contribution in [0.3, 0.4) is 0 Å². The summed E-state index contributed by atoms with van der Waals surface area (Å²) in [4.78, 5) is 4.60. The Hall–Kier alpha value is -3.46. The molecule has 152 valence electrons. The van der Waals surface area contributed by atoms with Gasteiger partial charge in [0.05, 0.1) is 34.3 Å². The number of nitrogens with zero attached hydrogens (tertiary/aromatic N) is 3. The first-order chi connectivity index (χ1) is 14.3. The second-order valence-corrected chi connectivity index (χ2v) is 7.33. The third kappa shape index (κ3) is 4.11. The molecule has 4 aromatic rings. The molecule has 0 amide bonds. The van der Waals surface area contributed by atoms with Gasteiger partial charge < -0.3 is 9.84 Å². The topological polar surface area (TPSA) is 67.1 Å². The smallest absolute Gasteiger partial charge is 0.418 e. The van der Waals surface area contributed by atoms with Crippen LogP contribution in [0, 0.1) is 0 Å². The molecule has 0 bridgehead atoms. The molecule has 0 saturated carbocycles. The number of fused-ring (bicyclic) bond motifs is 1. The van der Waals surface area contributed by atoms with E-state index in [1.165, 1.54) is 11.3 Å². The minimum absolute atomic E-state index is 0.371. The second-order valence-electron chi connectivity index (χ2n) is 6.30. The maximum atomic E-state index is 13.1. The van der Waals surface area contributed by atoms with Gasteiger partial charge in [-0.15, -0.1) is 16.5 Å². The van der Waals surface area contributed by atoms with Gasteiger partial charge in [0.15, 0.2) is 0 Å². The van der Waals surface area contributed by atoms with Crippen molar-refractivity contribution < 1.29 is 23.0 Å². The Kier molecular flexibility index (Phi) is 5.13. The molecule has 1 N–H and O–H groups in total. The van der Waals surface area contributed by atoms with Crippen LogP contribution in [-0.2, 0) is 6.18 Å². The monoisotopic (exact) mass is 429 g/mol. The summed E-state index contributed by atoms with van der Waals surface area (Å²) in [6.07, 6.45) is -4.65. The highest BCUT2D eigenvalue weighted by Crippen LogP contribution is 2.39. The largest absolute Gasteiger partial charge is 0.508 e. The number of azo groups is 1. The van der Waals surface area contributed by atoms with Crippen molar-refractivity contribution in [3.63, 3.8) is 0 Å². The van der Waals surface area contributed by atoms with Gasteiger partial charge in [-0.3, -0.25) is 0 Å². The Bertz CT molecular complexity index is 1230. The van der Waals surface area contributed by atoms with Gasteiger partial charge in [0, 0.05) is 11.6 Å². The lowest BCUT2D eigenvalue weighted by molar-refractivity contribution is -0.137. The lowest BCUT2D eigenvalue weighted by Gasteiger charge is -2.09. The zero-order valence-corrected chi connectivity index (χ0v) is 16.3. The lowest BCUT2D eigenvalue weighted by atomic mass is 10.1. The molecule has 0 saturated heterocycles. The molecule has 30 heavy (non-hydrogen) atoms. The number of rotatable bonds is 4. The van der Waals surface area contributed by atoms with Crippen LogP contribution in [0.15, 0.2) is 70.9 Å². The average Bonchev–Trinajstić information content (AvgIpc) is 3.15. The number of methoxy groups -OCH3 is 1. The van der Waals surface area contributed by atoms with Crippen LogP contribution in [0.5, 0.6) is 11.5 Å². The third-order valence-electron chi connectivity index (χ3n) is 4.27. The van der Waals surface area contributed by atoms with Crippen LogP contribution in [0.4, 0.5) is 24.5 Å². The number of benzene rings is 3. The molecule has 3 aromatic carbocycles. The van der Waals surface area contributed by atoms with Crippen LogP contribution >= 0.6 is 11.3 Å². The van der Waals surface area contributed by atoms with E-state index >= 15 is 0 Å². The summed E-state index contributed by atoms with van der Waals surface area (Å²) < 4.78 is 45.5. The summed E-state index contributed by atoms with van der Waals surface area (Å²) >= 11 is 1.52. The van der Waals surface area contributed by atoms with E-state index in [0.29, 0.717) is 11.8 Å². The van der Waals surface area contributed by atoms with E-state index in [1.54, 1.807) is 31.4 Å². The van der Waals surface area contributed by atoms with Crippen LogP contribution in [-0.4, -0.2) is 17.2 Å². The van der Waals surface area contributed by atoms with Crippen LogP contribution in [0.1, 0.15) is 5.56 Å². The lowest BCUT2D eigenvalue weighted by Crippen LogP contribution is -2.04. The van der Waals surface area contributed by atoms with E-state index in [1.807, 2.05) is 18.2 Å². The van der Waals surface area contributed by atoms with Crippen LogP contribution in [0.2, 0.25) is 0 Å². The van der Waals surface area contributed by atoms with E-state index in [-0.39, 0.29) is 5.69 Å². The van der Waals surface area contributed by atoms with Crippen LogP contribution < -0.4 is 4.74 Å². The van der Waals surface area contributed by atoms with E-state index in [2.05, 4.69) is 15.2 Å². The molecule has 0 atom stereocenters. The fourth-order valence-corrected chi connectivity index (χ4v) is 3.73. The highest BCUT2D eigenvalue weighted by molar-refractivity contribution is 7.21. The van der Waals surface area contributed by atoms with E-state index in [0.717, 1.165) is 38.7 Å². The molecule has 0 radical (unpaired) electrons. The minimum atomic E-state index is -4.65. The predicted molar refractivity (Wildman–Crippen MR) is 109 cm³/mol. The van der Waals surface area contributed by atoms with Crippen molar-refractivity contribution >= 4 is 32.9 Å². The quantitative estimate of drug-likeness (QED) is 0.352. The highest BCUT2D eigenvalue weighted by atomic mass is 32.1. The number of hydrogen-bond acceptors (Lipinski definition) is 6. The second kappa shape index (κ2) is 7.75. The number of phenols is 1. The number of alkyl halides is 3. The van der Waals surface area contributed by atoms with Gasteiger partial charge in [-0.25, -0.2) is 4.98 Å². The van der Waals surface area contributed by atoms with Gasteiger partial charge in [0.1, 0.15) is 16.5 Å². The molecule has 1 aromatic heterocycles. The van der Waals surface area contributed by atoms with Crippen molar-refractivity contribution in [3.05, 3.63) is 66.2 Å². The zero-order valence-electron chi connectivity index (χ0n) is 15.5. The van der Waals surface area contributed by atoms with Gasteiger partial charge in [0.25, 0.3) is 0 Å². The maximum Gasteiger partial charge on any atom is 0.418 e. The first kappa shape index (κ1) is 19.8. The fraction of sp³-hybridized carbons (Fsp3) is 0.0952. The Morgan fingerprint density at radius 2 is 1.73 bits per heavy atom. The van der Waals surface area contributed by atoms with Gasteiger partial charge in [-0.05, 0) is 54.6 Å². The van der Waals surface area contributed by atoms with Crippen molar-refractivity contribution in [1.82, 2.24) is 4.98 Å². The molecule has 0 fully saturated rings. The standard InChI is InChI=1S/C21H14F3N3O2S/c1-29-15-7-9-19-18(11-15)25-20(30-19)12-2-4-13(5-3-12)26-27-17-8-6-14(28)10-16(17)21(22,23)24/h2-11,28H,1H3/b27-26+. The molecule has 0 aliphatic carbocycles. The van der Waals surface area contributed by atoms with Gasteiger partial charge in [0.2, 0.25) is 0 Å². The zero-order chi connectivity index (χ0) is 21.3. The summed E-state index contributed by atoms with van der Waals surface area (Å²) in [6, 6.07) is 15.4. The fourth-order valence-electron chi connectivity index (χ4n) is 2.78.